The van der Waals surface area contributed by atoms with Crippen molar-refractivity contribution in [3.8, 4) is 11.1 Å². The van der Waals surface area contributed by atoms with E-state index in [1.54, 1.807) is 24.3 Å². The molecule has 30 heavy (non-hydrogen) atoms. The molecule has 0 fully saturated rings. The molecular weight excluding hydrogens is 552 g/mol. The van der Waals surface area contributed by atoms with Crippen molar-refractivity contribution in [2.45, 2.75) is 25.2 Å². The molecule has 0 saturated carbocycles. The molecule has 0 saturated heterocycles. The molecule has 0 amide bonds. The second kappa shape index (κ2) is 11.0. The topological polar surface area (TPSA) is 46.2 Å². The van der Waals surface area contributed by atoms with Crippen molar-refractivity contribution in [1.29, 1.82) is 0 Å². The molecular formula is C24H23ClNO2SSm. The number of sulfonamides is 1. The van der Waals surface area contributed by atoms with Crippen molar-refractivity contribution in [3.63, 3.8) is 0 Å². The number of hydrogen-bond acceptors (Lipinski definition) is 2. The van der Waals surface area contributed by atoms with Crippen LogP contribution in [-0.2, 0) is 10.0 Å². The van der Waals surface area contributed by atoms with Gasteiger partial charge in [0.05, 0.1) is 0 Å². The van der Waals surface area contributed by atoms with E-state index in [0.717, 1.165) is 12.0 Å². The number of rotatable bonds is 5. The number of allylic oxidation sites excluding steroid dienone is 1. The normalized spacial score (nSPS) is 12.6. The van der Waals surface area contributed by atoms with Gasteiger partial charge in [0.15, 0.2) is 0 Å². The van der Waals surface area contributed by atoms with Crippen LogP contribution in [0.1, 0.15) is 30.0 Å². The molecule has 0 bridgehead atoms. The van der Waals surface area contributed by atoms with Crippen molar-refractivity contribution in [1.82, 2.24) is 0.864 Å². The van der Waals surface area contributed by atoms with E-state index < -0.39 is 45.1 Å². The second-order valence-electron chi connectivity index (χ2n) is 6.87. The summed E-state index contributed by atoms with van der Waals surface area (Å²) in [5.74, 6) is 5.44. The number of nitrogens with one attached hydrogen (secondary N) is 1. The van der Waals surface area contributed by atoms with Gasteiger partial charge in [0.1, 0.15) is 0 Å². The van der Waals surface area contributed by atoms with Crippen LogP contribution in [0.5, 0.6) is 0 Å². The van der Waals surface area contributed by atoms with Crippen LogP contribution in [-0.4, -0.2) is 8.42 Å². The average molecular weight is 575 g/mol. The molecule has 0 atom stereocenters. The van der Waals surface area contributed by atoms with Gasteiger partial charge in [-0.2, -0.15) is 0 Å². The SMILES string of the molecule is CCC1=Cc2cccc(-c3ccccc3)c2[CH]1.Cc1ccc(S(=O)(=O)[NH][Sm][Cl])cc1. The number of hydrogen-bond donors (Lipinski definition) is 1. The molecule has 155 valence electrons. The van der Waals surface area contributed by atoms with Gasteiger partial charge in [0.2, 0.25) is 0 Å². The molecule has 0 unspecified atom stereocenters. The first-order chi connectivity index (χ1) is 14.4. The van der Waals surface area contributed by atoms with Crippen molar-refractivity contribution >= 4 is 22.0 Å². The fourth-order valence-electron chi connectivity index (χ4n) is 3.18. The quantitative estimate of drug-likeness (QED) is 0.398. The van der Waals surface area contributed by atoms with Crippen molar-refractivity contribution in [2.24, 2.45) is 0 Å². The summed E-state index contributed by atoms with van der Waals surface area (Å²) in [6.45, 7) is 4.11. The van der Waals surface area contributed by atoms with Crippen LogP contribution in [0.25, 0.3) is 17.2 Å². The van der Waals surface area contributed by atoms with Crippen LogP contribution in [0, 0.1) is 48.5 Å². The van der Waals surface area contributed by atoms with Crippen molar-refractivity contribution < 1.29 is 43.5 Å². The maximum absolute atomic E-state index is 11.4. The third kappa shape index (κ3) is 6.00. The zero-order chi connectivity index (χ0) is 21.6. The molecule has 1 N–H and O–H groups in total. The van der Waals surface area contributed by atoms with Gasteiger partial charge in [-0.05, 0) is 28.7 Å². The fourth-order valence-corrected chi connectivity index (χ4v) is 7.42. The Hall–Kier alpha value is -1.06. The average Bonchev–Trinajstić information content (AvgIpc) is 3.19. The molecule has 0 heterocycles. The van der Waals surface area contributed by atoms with Gasteiger partial charge in [0, 0.05) is 6.42 Å². The van der Waals surface area contributed by atoms with Gasteiger partial charge in [0.25, 0.3) is 0 Å². The Bertz CT molecular complexity index is 1130. The van der Waals surface area contributed by atoms with E-state index in [1.165, 1.54) is 27.8 Å². The van der Waals surface area contributed by atoms with Gasteiger partial charge in [-0.3, -0.25) is 0 Å². The van der Waals surface area contributed by atoms with Crippen LogP contribution >= 0.6 is 5.89 Å². The molecule has 1 aliphatic rings. The summed E-state index contributed by atoms with van der Waals surface area (Å²) in [4.78, 5) is 0.277. The van der Waals surface area contributed by atoms with E-state index in [2.05, 4.69) is 68.8 Å². The van der Waals surface area contributed by atoms with Crippen molar-refractivity contribution in [2.75, 3.05) is 0 Å². The number of fused-ring (bicyclic) bond motifs is 1. The van der Waals surface area contributed by atoms with E-state index in [4.69, 9.17) is 5.89 Å². The molecule has 0 spiro atoms. The van der Waals surface area contributed by atoms with Gasteiger partial charge in [-0.1, -0.05) is 67.1 Å². The molecule has 4 rings (SSSR count). The van der Waals surface area contributed by atoms with Crippen LogP contribution in [0.15, 0.2) is 83.3 Å². The van der Waals surface area contributed by atoms with Crippen LogP contribution < -0.4 is 0.864 Å². The Labute approximate surface area is 202 Å². The fraction of sp³-hybridized carbons (Fsp3) is 0.125. The third-order valence-corrected chi connectivity index (χ3v) is 10.1. The minimum absolute atomic E-state index is 0.277. The van der Waals surface area contributed by atoms with E-state index in [0.29, 0.717) is 0 Å². The first-order valence-corrected chi connectivity index (χ1v) is 15.6. The Balaban J connectivity index is 0.000000178. The van der Waals surface area contributed by atoms with Gasteiger partial charge in [-0.25, -0.2) is 0 Å². The van der Waals surface area contributed by atoms with E-state index in [1.807, 2.05) is 6.92 Å². The van der Waals surface area contributed by atoms with Crippen LogP contribution in [0.4, 0.5) is 0 Å². The summed E-state index contributed by atoms with van der Waals surface area (Å²) in [6.07, 6.45) is 5.71. The molecule has 6 heteroatoms. The van der Waals surface area contributed by atoms with E-state index in [9.17, 15) is 8.42 Å². The van der Waals surface area contributed by atoms with Gasteiger partial charge < -0.3 is 0 Å². The third-order valence-electron chi connectivity index (χ3n) is 4.78. The standard InChI is InChI=1S/C17H15.C7H8NO2S.ClH.Sm/c1-2-13-11-15-9-6-10-16(17(15)12-13)14-7-4-3-5-8-14;1-6-2-4-7(5-3-6)11(8,9)10;;/h3-12H,2H2,1H3;2-5H,1H3,(H-,8,9,10);1H;/q;-1;;+2/p-1. The summed E-state index contributed by atoms with van der Waals surface area (Å²) < 4.78 is 25.1. The van der Waals surface area contributed by atoms with E-state index >= 15 is 0 Å². The summed E-state index contributed by atoms with van der Waals surface area (Å²) in [5.41, 5.74) is 7.81. The van der Waals surface area contributed by atoms with E-state index in [-0.39, 0.29) is 4.90 Å². The minimum atomic E-state index is -3.33. The first-order valence-electron chi connectivity index (χ1n) is 9.54. The zero-order valence-electron chi connectivity index (χ0n) is 16.8. The monoisotopic (exact) mass is 576 g/mol. The molecule has 3 nitrogen and oxygen atoms in total. The number of aryl methyl sites for hydroxylation is 1. The van der Waals surface area contributed by atoms with Crippen LogP contribution in [0.3, 0.4) is 0 Å². The molecule has 1 aliphatic carbocycles. The summed E-state index contributed by atoms with van der Waals surface area (Å²) >= 11 is -1.43. The van der Waals surface area contributed by atoms with Crippen molar-refractivity contribution in [3.05, 3.63) is 101 Å². The van der Waals surface area contributed by atoms with Crippen LogP contribution in [0.2, 0.25) is 0 Å². The Kier molecular flexibility index (Phi) is 8.65. The Morgan fingerprint density at radius 3 is 2.27 bits per heavy atom. The predicted octanol–water partition coefficient (Wildman–Crippen LogP) is 6.14. The summed E-state index contributed by atoms with van der Waals surface area (Å²) in [6, 6.07) is 23.8. The predicted molar refractivity (Wildman–Crippen MR) is 121 cm³/mol. The molecule has 0 aromatic heterocycles. The Morgan fingerprint density at radius 2 is 1.63 bits per heavy atom. The second-order valence-corrected chi connectivity index (χ2v) is 11.8. The van der Waals surface area contributed by atoms with Gasteiger partial charge >= 0.3 is 102 Å². The summed E-state index contributed by atoms with van der Waals surface area (Å²) in [7, 11) is -3.33. The molecule has 3 aromatic carbocycles. The number of benzene rings is 3. The Morgan fingerprint density at radius 1 is 0.933 bits per heavy atom. The van der Waals surface area contributed by atoms with Gasteiger partial charge in [-0.15, -0.1) is 0 Å². The molecule has 3 aromatic rings. The summed E-state index contributed by atoms with van der Waals surface area (Å²) in [5, 5.41) is 0. The molecule has 1 radical (unpaired) electrons. The number of halogens is 1. The zero-order valence-corrected chi connectivity index (χ0v) is 21.0. The first kappa shape index (κ1) is 23.6. The maximum atomic E-state index is 11.4. The molecule has 0 aliphatic heterocycles.